The topological polar surface area (TPSA) is 58.9 Å². The monoisotopic (exact) mass is 346 g/mol. The Morgan fingerprint density at radius 3 is 2.23 bits per heavy atom. The van der Waals surface area contributed by atoms with Crippen LogP contribution in [0.15, 0.2) is 72.8 Å². The molecule has 130 valence electrons. The molecule has 0 saturated carbocycles. The molecule has 26 heavy (non-hydrogen) atoms. The zero-order chi connectivity index (χ0) is 18.1. The van der Waals surface area contributed by atoms with Gasteiger partial charge in [0.1, 0.15) is 29.1 Å². The number of benzene rings is 3. The molecule has 0 bridgehead atoms. The lowest BCUT2D eigenvalue weighted by Gasteiger charge is -2.26. The van der Waals surface area contributed by atoms with Crippen molar-refractivity contribution in [3.63, 3.8) is 0 Å². The van der Waals surface area contributed by atoms with Crippen LogP contribution in [0.25, 0.3) is 5.57 Å². The summed E-state index contributed by atoms with van der Waals surface area (Å²) in [5, 5.41) is 19.4. The van der Waals surface area contributed by atoms with Gasteiger partial charge in [-0.3, -0.25) is 0 Å². The van der Waals surface area contributed by atoms with E-state index in [9.17, 15) is 10.2 Å². The van der Waals surface area contributed by atoms with Crippen molar-refractivity contribution in [1.29, 1.82) is 0 Å². The summed E-state index contributed by atoms with van der Waals surface area (Å²) >= 11 is 0. The largest absolute Gasteiger partial charge is 0.508 e. The molecule has 4 nitrogen and oxygen atoms in total. The van der Waals surface area contributed by atoms with Crippen molar-refractivity contribution >= 4 is 5.57 Å². The second-order valence-electron chi connectivity index (χ2n) is 6.12. The first-order chi connectivity index (χ1) is 12.6. The SMILES string of the molecule is COc1ccc(C2=CC(c3ccc(O)cc3)Oc3cc(O)ccc32)cc1. The Kier molecular flexibility index (Phi) is 4.01. The normalized spacial score (nSPS) is 15.6. The van der Waals surface area contributed by atoms with E-state index in [1.165, 1.54) is 0 Å². The van der Waals surface area contributed by atoms with Crippen LogP contribution in [0, 0.1) is 0 Å². The van der Waals surface area contributed by atoms with E-state index in [4.69, 9.17) is 9.47 Å². The van der Waals surface area contributed by atoms with Crippen LogP contribution in [0.2, 0.25) is 0 Å². The van der Waals surface area contributed by atoms with Crippen LogP contribution >= 0.6 is 0 Å². The Morgan fingerprint density at radius 1 is 0.846 bits per heavy atom. The third kappa shape index (κ3) is 2.97. The molecule has 0 fully saturated rings. The summed E-state index contributed by atoms with van der Waals surface area (Å²) in [6, 6.07) is 19.9. The number of hydrogen-bond acceptors (Lipinski definition) is 4. The summed E-state index contributed by atoms with van der Waals surface area (Å²) < 4.78 is 11.3. The van der Waals surface area contributed by atoms with E-state index in [0.29, 0.717) is 5.75 Å². The molecule has 4 heteroatoms. The van der Waals surface area contributed by atoms with Gasteiger partial charge in [0.15, 0.2) is 0 Å². The van der Waals surface area contributed by atoms with Crippen LogP contribution in [0.5, 0.6) is 23.0 Å². The minimum absolute atomic E-state index is 0.157. The van der Waals surface area contributed by atoms with Gasteiger partial charge < -0.3 is 19.7 Å². The molecule has 3 aromatic carbocycles. The minimum Gasteiger partial charge on any atom is -0.508 e. The van der Waals surface area contributed by atoms with Crippen molar-refractivity contribution in [3.05, 3.63) is 89.5 Å². The van der Waals surface area contributed by atoms with E-state index >= 15 is 0 Å². The molecule has 3 aromatic rings. The molecular weight excluding hydrogens is 328 g/mol. The molecule has 1 aliphatic rings. The number of phenols is 2. The molecule has 0 saturated heterocycles. The van der Waals surface area contributed by atoms with Crippen molar-refractivity contribution < 1.29 is 19.7 Å². The molecule has 1 atom stereocenters. The molecule has 0 aliphatic carbocycles. The van der Waals surface area contributed by atoms with Gasteiger partial charge in [0.2, 0.25) is 0 Å². The predicted octanol–water partition coefficient (Wildman–Crippen LogP) is 4.67. The van der Waals surface area contributed by atoms with Gasteiger partial charge in [-0.05, 0) is 59.2 Å². The first kappa shape index (κ1) is 16.1. The maximum atomic E-state index is 9.86. The van der Waals surface area contributed by atoms with Gasteiger partial charge >= 0.3 is 0 Å². The highest BCUT2D eigenvalue weighted by Gasteiger charge is 2.23. The van der Waals surface area contributed by atoms with Crippen LogP contribution in [-0.2, 0) is 0 Å². The summed E-state index contributed by atoms with van der Waals surface area (Å²) in [5.74, 6) is 1.78. The second-order valence-corrected chi connectivity index (χ2v) is 6.12. The lowest BCUT2D eigenvalue weighted by Crippen LogP contribution is -2.12. The number of fused-ring (bicyclic) bond motifs is 1. The Balaban J connectivity index is 1.82. The van der Waals surface area contributed by atoms with Crippen LogP contribution < -0.4 is 9.47 Å². The second kappa shape index (κ2) is 6.48. The van der Waals surface area contributed by atoms with E-state index in [1.54, 1.807) is 31.4 Å². The third-order valence-electron chi connectivity index (χ3n) is 4.45. The van der Waals surface area contributed by atoms with Crippen LogP contribution in [-0.4, -0.2) is 17.3 Å². The maximum Gasteiger partial charge on any atom is 0.143 e. The van der Waals surface area contributed by atoms with Crippen LogP contribution in [0.3, 0.4) is 0 Å². The standard InChI is InChI=1S/C22H18O4/c1-25-18-9-4-14(5-10-18)20-13-21(15-2-6-16(23)7-3-15)26-22-12-17(24)8-11-19(20)22/h2-13,21,23-24H,1H3. The van der Waals surface area contributed by atoms with Gasteiger partial charge in [0, 0.05) is 11.6 Å². The highest BCUT2D eigenvalue weighted by molar-refractivity contribution is 5.85. The number of hydrogen-bond donors (Lipinski definition) is 2. The number of methoxy groups -OCH3 is 1. The molecule has 1 unspecified atom stereocenters. The fraction of sp³-hybridized carbons (Fsp3) is 0.0909. The number of ether oxygens (including phenoxy) is 2. The summed E-state index contributed by atoms with van der Waals surface area (Å²) in [4.78, 5) is 0. The smallest absolute Gasteiger partial charge is 0.143 e. The Bertz CT molecular complexity index is 956. The van der Waals surface area contributed by atoms with Gasteiger partial charge in [-0.25, -0.2) is 0 Å². The van der Waals surface area contributed by atoms with E-state index in [2.05, 4.69) is 0 Å². The lowest BCUT2D eigenvalue weighted by molar-refractivity contribution is 0.249. The lowest BCUT2D eigenvalue weighted by atomic mass is 9.92. The molecule has 0 radical (unpaired) electrons. The summed E-state index contributed by atoms with van der Waals surface area (Å²) in [7, 11) is 1.64. The van der Waals surface area contributed by atoms with E-state index in [-0.39, 0.29) is 17.6 Å². The molecule has 0 aromatic heterocycles. The van der Waals surface area contributed by atoms with Gasteiger partial charge in [-0.2, -0.15) is 0 Å². The summed E-state index contributed by atoms with van der Waals surface area (Å²) in [5.41, 5.74) is 3.89. The van der Waals surface area contributed by atoms with Crippen LogP contribution in [0.1, 0.15) is 22.8 Å². The average molecular weight is 346 g/mol. The fourth-order valence-corrected chi connectivity index (χ4v) is 3.09. The zero-order valence-corrected chi connectivity index (χ0v) is 14.2. The Labute approximate surface area is 151 Å². The molecule has 0 spiro atoms. The van der Waals surface area contributed by atoms with Gasteiger partial charge in [0.05, 0.1) is 7.11 Å². The van der Waals surface area contributed by atoms with Gasteiger partial charge in [-0.15, -0.1) is 0 Å². The molecule has 0 amide bonds. The maximum absolute atomic E-state index is 9.86. The molecular formula is C22H18O4. The first-order valence-corrected chi connectivity index (χ1v) is 8.29. The number of phenolic OH excluding ortho intramolecular Hbond substituents is 2. The molecule has 4 rings (SSSR count). The molecule has 2 N–H and O–H groups in total. The van der Waals surface area contributed by atoms with Crippen molar-refractivity contribution in [1.82, 2.24) is 0 Å². The number of rotatable bonds is 3. The predicted molar refractivity (Wildman–Crippen MR) is 99.7 cm³/mol. The fourth-order valence-electron chi connectivity index (χ4n) is 3.09. The van der Waals surface area contributed by atoms with Gasteiger partial charge in [0.25, 0.3) is 0 Å². The van der Waals surface area contributed by atoms with E-state index < -0.39 is 0 Å². The quantitative estimate of drug-likeness (QED) is 0.723. The molecule has 1 aliphatic heterocycles. The third-order valence-corrected chi connectivity index (χ3v) is 4.45. The summed E-state index contributed by atoms with van der Waals surface area (Å²) in [6.45, 7) is 0. The van der Waals surface area contributed by atoms with Crippen LogP contribution in [0.4, 0.5) is 0 Å². The number of aromatic hydroxyl groups is 2. The van der Waals surface area contributed by atoms with Crippen molar-refractivity contribution in [2.75, 3.05) is 7.11 Å². The van der Waals surface area contributed by atoms with E-state index in [1.807, 2.05) is 48.5 Å². The van der Waals surface area contributed by atoms with Gasteiger partial charge in [-0.1, -0.05) is 24.3 Å². The summed E-state index contributed by atoms with van der Waals surface area (Å²) in [6.07, 6.45) is 1.73. The van der Waals surface area contributed by atoms with E-state index in [0.717, 1.165) is 28.0 Å². The Morgan fingerprint density at radius 2 is 1.54 bits per heavy atom. The average Bonchev–Trinajstić information content (AvgIpc) is 2.67. The van der Waals surface area contributed by atoms with Crippen molar-refractivity contribution in [3.8, 4) is 23.0 Å². The Hall–Kier alpha value is -3.40. The molecule has 1 heterocycles. The highest BCUT2D eigenvalue weighted by Crippen LogP contribution is 2.42. The first-order valence-electron chi connectivity index (χ1n) is 8.29. The van der Waals surface area contributed by atoms with Crippen molar-refractivity contribution in [2.24, 2.45) is 0 Å². The minimum atomic E-state index is -0.318. The highest BCUT2D eigenvalue weighted by atomic mass is 16.5. The van der Waals surface area contributed by atoms with Crippen molar-refractivity contribution in [2.45, 2.75) is 6.10 Å². The zero-order valence-electron chi connectivity index (χ0n) is 14.2.